The van der Waals surface area contributed by atoms with Gasteiger partial charge in [0.1, 0.15) is 5.82 Å². The molecular weight excluding hydrogens is 221 g/mol. The van der Waals surface area contributed by atoms with Crippen molar-refractivity contribution >= 4 is 12.0 Å². The Kier molecular flexibility index (Phi) is 3.74. The fourth-order valence-corrected chi connectivity index (χ4v) is 2.25. The molecule has 92 valence electrons. The van der Waals surface area contributed by atoms with Crippen LogP contribution in [0.15, 0.2) is 18.2 Å². The SMILES string of the molecule is COC1CCN(c2cccc(F)c2C=O)CC1. The van der Waals surface area contributed by atoms with E-state index in [4.69, 9.17) is 4.74 Å². The van der Waals surface area contributed by atoms with E-state index in [1.807, 2.05) is 4.90 Å². The van der Waals surface area contributed by atoms with Gasteiger partial charge in [0.15, 0.2) is 6.29 Å². The lowest BCUT2D eigenvalue weighted by Gasteiger charge is -2.33. The van der Waals surface area contributed by atoms with Crippen LogP contribution in [0.5, 0.6) is 0 Å². The van der Waals surface area contributed by atoms with Crippen LogP contribution in [0.25, 0.3) is 0 Å². The minimum atomic E-state index is -0.452. The lowest BCUT2D eigenvalue weighted by molar-refractivity contribution is 0.0819. The van der Waals surface area contributed by atoms with Gasteiger partial charge in [-0.1, -0.05) is 6.07 Å². The molecule has 17 heavy (non-hydrogen) atoms. The second-order valence-electron chi connectivity index (χ2n) is 4.21. The van der Waals surface area contributed by atoms with Crippen molar-refractivity contribution in [3.63, 3.8) is 0 Å². The number of ether oxygens (including phenoxy) is 1. The highest BCUT2D eigenvalue weighted by Gasteiger charge is 2.21. The van der Waals surface area contributed by atoms with Crippen LogP contribution in [0.1, 0.15) is 23.2 Å². The molecule has 0 amide bonds. The Hall–Kier alpha value is -1.42. The van der Waals surface area contributed by atoms with Crippen LogP contribution in [0.2, 0.25) is 0 Å². The lowest BCUT2D eigenvalue weighted by atomic mass is 10.1. The zero-order valence-corrected chi connectivity index (χ0v) is 9.86. The first-order valence-electron chi connectivity index (χ1n) is 5.77. The van der Waals surface area contributed by atoms with E-state index in [1.165, 1.54) is 6.07 Å². The molecule has 2 rings (SSSR count). The highest BCUT2D eigenvalue weighted by Crippen LogP contribution is 2.25. The highest BCUT2D eigenvalue weighted by atomic mass is 19.1. The van der Waals surface area contributed by atoms with Crippen LogP contribution in [0.3, 0.4) is 0 Å². The van der Waals surface area contributed by atoms with Crippen LogP contribution in [-0.4, -0.2) is 32.6 Å². The van der Waals surface area contributed by atoms with E-state index in [-0.39, 0.29) is 11.7 Å². The summed E-state index contributed by atoms with van der Waals surface area (Å²) < 4.78 is 18.8. The summed E-state index contributed by atoms with van der Waals surface area (Å²) in [5.74, 6) is -0.452. The van der Waals surface area contributed by atoms with Gasteiger partial charge in [-0.3, -0.25) is 4.79 Å². The van der Waals surface area contributed by atoms with Crippen molar-refractivity contribution in [2.45, 2.75) is 18.9 Å². The van der Waals surface area contributed by atoms with Crippen molar-refractivity contribution in [1.82, 2.24) is 0 Å². The second-order valence-corrected chi connectivity index (χ2v) is 4.21. The molecule has 1 heterocycles. The molecular formula is C13H16FNO2. The van der Waals surface area contributed by atoms with Gasteiger partial charge in [-0.05, 0) is 25.0 Å². The Bertz CT molecular complexity index is 400. The largest absolute Gasteiger partial charge is 0.381 e. The molecule has 0 atom stereocenters. The van der Waals surface area contributed by atoms with Crippen molar-refractivity contribution in [3.8, 4) is 0 Å². The number of methoxy groups -OCH3 is 1. The number of nitrogens with zero attached hydrogens (tertiary/aromatic N) is 1. The molecule has 0 aliphatic carbocycles. The molecule has 1 fully saturated rings. The number of rotatable bonds is 3. The van der Waals surface area contributed by atoms with Crippen LogP contribution in [0, 0.1) is 5.82 Å². The molecule has 4 heteroatoms. The lowest BCUT2D eigenvalue weighted by Crippen LogP contribution is -2.37. The summed E-state index contributed by atoms with van der Waals surface area (Å²) >= 11 is 0. The summed E-state index contributed by atoms with van der Waals surface area (Å²) in [6.07, 6.45) is 2.68. The monoisotopic (exact) mass is 237 g/mol. The van der Waals surface area contributed by atoms with Crippen LogP contribution < -0.4 is 4.90 Å². The summed E-state index contributed by atoms with van der Waals surface area (Å²) in [4.78, 5) is 13.0. The van der Waals surface area contributed by atoms with Gasteiger partial charge in [-0.25, -0.2) is 4.39 Å². The van der Waals surface area contributed by atoms with Crippen LogP contribution >= 0.6 is 0 Å². The Labute approximate surface area is 100 Å². The standard InChI is InChI=1S/C13H16FNO2/c1-17-10-5-7-15(8-6-10)13-4-2-3-12(14)11(13)9-16/h2-4,9-10H,5-8H2,1H3. The minimum Gasteiger partial charge on any atom is -0.381 e. The molecule has 0 bridgehead atoms. The van der Waals surface area contributed by atoms with E-state index in [0.717, 1.165) is 25.9 Å². The zero-order valence-electron chi connectivity index (χ0n) is 9.86. The number of aldehydes is 1. The second kappa shape index (κ2) is 5.27. The first-order valence-corrected chi connectivity index (χ1v) is 5.77. The van der Waals surface area contributed by atoms with E-state index in [0.29, 0.717) is 12.0 Å². The molecule has 1 aliphatic heterocycles. The predicted octanol–water partition coefficient (Wildman–Crippen LogP) is 2.25. The van der Waals surface area contributed by atoms with Crippen molar-refractivity contribution < 1.29 is 13.9 Å². The molecule has 0 aromatic heterocycles. The average molecular weight is 237 g/mol. The van der Waals surface area contributed by atoms with Gasteiger partial charge in [0.2, 0.25) is 0 Å². The van der Waals surface area contributed by atoms with Gasteiger partial charge < -0.3 is 9.64 Å². The highest BCUT2D eigenvalue weighted by molar-refractivity contribution is 5.85. The summed E-state index contributed by atoms with van der Waals surface area (Å²) in [5, 5.41) is 0. The molecule has 1 aliphatic rings. The first-order chi connectivity index (χ1) is 8.26. The number of benzene rings is 1. The molecule has 0 unspecified atom stereocenters. The van der Waals surface area contributed by atoms with Gasteiger partial charge >= 0.3 is 0 Å². The minimum absolute atomic E-state index is 0.156. The third-order valence-electron chi connectivity index (χ3n) is 3.26. The van der Waals surface area contributed by atoms with Crippen molar-refractivity contribution in [2.24, 2.45) is 0 Å². The number of hydrogen-bond donors (Lipinski definition) is 0. The van der Waals surface area contributed by atoms with E-state index in [2.05, 4.69) is 0 Å². The van der Waals surface area contributed by atoms with E-state index in [1.54, 1.807) is 19.2 Å². The average Bonchev–Trinajstić information content (AvgIpc) is 2.38. The van der Waals surface area contributed by atoms with Gasteiger partial charge in [-0.15, -0.1) is 0 Å². The molecule has 0 N–H and O–H groups in total. The molecule has 3 nitrogen and oxygen atoms in total. The number of carbonyl (C=O) groups is 1. The van der Waals surface area contributed by atoms with Gasteiger partial charge in [0.25, 0.3) is 0 Å². The zero-order chi connectivity index (χ0) is 12.3. The topological polar surface area (TPSA) is 29.5 Å². The fourth-order valence-electron chi connectivity index (χ4n) is 2.25. The summed E-state index contributed by atoms with van der Waals surface area (Å²) in [7, 11) is 1.71. The Balaban J connectivity index is 2.18. The normalized spacial score (nSPS) is 17.2. The number of piperidine rings is 1. The molecule has 0 spiro atoms. The summed E-state index contributed by atoms with van der Waals surface area (Å²) in [5.41, 5.74) is 0.845. The molecule has 1 saturated heterocycles. The Morgan fingerprint density at radius 3 is 2.71 bits per heavy atom. The van der Waals surface area contributed by atoms with Gasteiger partial charge in [0.05, 0.1) is 17.4 Å². The third kappa shape index (κ3) is 2.47. The maximum Gasteiger partial charge on any atom is 0.155 e. The summed E-state index contributed by atoms with van der Waals surface area (Å²) in [6, 6.07) is 4.75. The van der Waals surface area contributed by atoms with E-state index >= 15 is 0 Å². The molecule has 0 radical (unpaired) electrons. The Morgan fingerprint density at radius 2 is 2.12 bits per heavy atom. The summed E-state index contributed by atoms with van der Waals surface area (Å²) in [6.45, 7) is 1.59. The van der Waals surface area contributed by atoms with E-state index < -0.39 is 5.82 Å². The molecule has 1 aromatic carbocycles. The third-order valence-corrected chi connectivity index (χ3v) is 3.26. The Morgan fingerprint density at radius 1 is 1.41 bits per heavy atom. The maximum absolute atomic E-state index is 13.5. The molecule has 0 saturated carbocycles. The molecule has 1 aromatic rings. The van der Waals surface area contributed by atoms with Crippen LogP contribution in [-0.2, 0) is 4.74 Å². The van der Waals surface area contributed by atoms with Gasteiger partial charge in [0, 0.05) is 20.2 Å². The maximum atomic E-state index is 13.5. The number of carbonyl (C=O) groups excluding carboxylic acids is 1. The van der Waals surface area contributed by atoms with Gasteiger partial charge in [-0.2, -0.15) is 0 Å². The van der Waals surface area contributed by atoms with Crippen molar-refractivity contribution in [3.05, 3.63) is 29.6 Å². The first kappa shape index (κ1) is 12.0. The number of halogens is 1. The fraction of sp³-hybridized carbons (Fsp3) is 0.462. The quantitative estimate of drug-likeness (QED) is 0.755. The number of anilines is 1. The van der Waals surface area contributed by atoms with Crippen molar-refractivity contribution in [2.75, 3.05) is 25.1 Å². The van der Waals surface area contributed by atoms with Crippen molar-refractivity contribution in [1.29, 1.82) is 0 Å². The van der Waals surface area contributed by atoms with Crippen LogP contribution in [0.4, 0.5) is 10.1 Å². The smallest absolute Gasteiger partial charge is 0.155 e. The number of hydrogen-bond acceptors (Lipinski definition) is 3. The van der Waals surface area contributed by atoms with E-state index in [9.17, 15) is 9.18 Å². The predicted molar refractivity (Wildman–Crippen MR) is 64.0 cm³/mol.